The Bertz CT molecular complexity index is 3460. The lowest BCUT2D eigenvalue weighted by Crippen LogP contribution is -2.59. The van der Waals surface area contributed by atoms with Gasteiger partial charge in [-0.1, -0.05) is 181 Å². The molecule has 0 aliphatic heterocycles. The largest absolute Gasteiger partial charge is 0.313 e. The maximum Gasteiger partial charge on any atom is 0.141 e. The van der Waals surface area contributed by atoms with Gasteiger partial charge in [0.05, 0.1) is 15.8 Å². The van der Waals surface area contributed by atoms with Crippen molar-refractivity contribution in [2.24, 2.45) is 0 Å². The van der Waals surface area contributed by atoms with Crippen LogP contribution in [0.1, 0.15) is 104 Å². The monoisotopic (exact) mass is 1060 g/mol. The standard InChI is InChI=1S/C63H74B10BrN3/c1-60(2,3)33-19-23-36(24-20-33)75(37-25-21-34(22-26-37)61(4,5)6)45-29-35(62(7,8)9)30-46(57(45)74)76(40-27-28-42-41-17-12-13-18-43(41)63(10,11)44(42)32-40)38-15-14-16-39(31-38)77(58-53(70)49(66)47(64)50(67)54(58)71)59-55(72)51(68)48(65)52(69)56(59)73/h12-32H,64-73H2,1-11H3. The average molecular weight is 1060 g/mol. The molecule has 9 rings (SSSR count). The normalized spacial score (nSPS) is 13.0. The second-order valence-electron chi connectivity index (χ2n) is 26.0. The maximum absolute atomic E-state index is 4.48. The van der Waals surface area contributed by atoms with Crippen molar-refractivity contribution in [1.29, 1.82) is 0 Å². The van der Waals surface area contributed by atoms with E-state index in [4.69, 9.17) is 0 Å². The Morgan fingerprint density at radius 1 is 0.338 bits per heavy atom. The molecule has 0 saturated carbocycles. The second kappa shape index (κ2) is 20.2. The first-order valence-electron chi connectivity index (χ1n) is 27.9. The summed E-state index contributed by atoms with van der Waals surface area (Å²) in [5.41, 5.74) is 32.2. The second-order valence-corrected chi connectivity index (χ2v) is 26.8. The number of rotatable bonds is 9. The minimum Gasteiger partial charge on any atom is -0.313 e. The lowest BCUT2D eigenvalue weighted by Gasteiger charge is -2.37. The van der Waals surface area contributed by atoms with E-state index in [1.165, 1.54) is 105 Å². The Hall–Kier alpha value is -5.71. The predicted octanol–water partition coefficient (Wildman–Crippen LogP) is 1.64. The lowest BCUT2D eigenvalue weighted by molar-refractivity contribution is 0.589. The Morgan fingerprint density at radius 2 is 0.688 bits per heavy atom. The molecule has 0 amide bonds. The summed E-state index contributed by atoms with van der Waals surface area (Å²) in [5.74, 6) is 0. The summed E-state index contributed by atoms with van der Waals surface area (Å²) >= 11 is 4.48. The van der Waals surface area contributed by atoms with Crippen molar-refractivity contribution in [3.05, 3.63) is 160 Å². The number of anilines is 9. The Balaban J connectivity index is 1.38. The van der Waals surface area contributed by atoms with Gasteiger partial charge in [0.25, 0.3) is 0 Å². The van der Waals surface area contributed by atoms with Gasteiger partial charge in [0.1, 0.15) is 78.5 Å². The minimum absolute atomic E-state index is 0.0110. The number of hydrogen-bond donors (Lipinski definition) is 0. The van der Waals surface area contributed by atoms with Crippen molar-refractivity contribution in [2.75, 3.05) is 14.7 Å². The molecule has 0 spiro atoms. The van der Waals surface area contributed by atoms with Crippen LogP contribution < -0.4 is 69.3 Å². The highest BCUT2D eigenvalue weighted by atomic mass is 79.9. The highest BCUT2D eigenvalue weighted by Gasteiger charge is 2.37. The summed E-state index contributed by atoms with van der Waals surface area (Å²) in [6, 6.07) is 48.9. The van der Waals surface area contributed by atoms with Crippen LogP contribution in [-0.4, -0.2) is 78.5 Å². The number of nitrogens with zero attached hydrogens (tertiary/aromatic N) is 3. The fraction of sp³-hybridized carbons (Fsp3) is 0.238. The van der Waals surface area contributed by atoms with Gasteiger partial charge >= 0.3 is 0 Å². The first-order chi connectivity index (χ1) is 35.9. The highest BCUT2D eigenvalue weighted by molar-refractivity contribution is 9.10. The van der Waals surface area contributed by atoms with Crippen LogP contribution in [0.3, 0.4) is 0 Å². The molecule has 0 N–H and O–H groups in total. The van der Waals surface area contributed by atoms with Crippen LogP contribution in [0.25, 0.3) is 11.1 Å². The number of fused-ring (bicyclic) bond motifs is 3. The van der Waals surface area contributed by atoms with Gasteiger partial charge in [-0.3, -0.25) is 0 Å². The summed E-state index contributed by atoms with van der Waals surface area (Å²) < 4.78 is 1.00. The highest BCUT2D eigenvalue weighted by Crippen LogP contribution is 2.53. The third kappa shape index (κ3) is 9.86. The predicted molar refractivity (Wildman–Crippen MR) is 374 cm³/mol. The maximum atomic E-state index is 4.48. The molecule has 0 unspecified atom stereocenters. The molecule has 3 nitrogen and oxygen atoms in total. The number of benzene rings is 8. The molecular formula is C63H74B10BrN3. The van der Waals surface area contributed by atoms with Crippen molar-refractivity contribution in [3.8, 4) is 11.1 Å². The van der Waals surface area contributed by atoms with Gasteiger partial charge in [-0.2, -0.15) is 0 Å². The van der Waals surface area contributed by atoms with Gasteiger partial charge in [-0.05, 0) is 138 Å². The molecule has 1 aliphatic carbocycles. The van der Waals surface area contributed by atoms with Crippen LogP contribution in [-0.2, 0) is 21.7 Å². The molecule has 77 heavy (non-hydrogen) atoms. The van der Waals surface area contributed by atoms with Gasteiger partial charge in [0.2, 0.25) is 0 Å². The molecule has 0 heterocycles. The van der Waals surface area contributed by atoms with E-state index < -0.39 is 0 Å². The van der Waals surface area contributed by atoms with E-state index in [-0.39, 0.29) is 21.7 Å². The van der Waals surface area contributed by atoms with E-state index in [1.807, 2.05) is 0 Å². The van der Waals surface area contributed by atoms with E-state index in [2.05, 4.69) is 313 Å². The van der Waals surface area contributed by atoms with Crippen molar-refractivity contribution >= 4 is 200 Å². The number of hydrogen-bond acceptors (Lipinski definition) is 3. The quantitative estimate of drug-likeness (QED) is 0.204. The third-order valence-electron chi connectivity index (χ3n) is 17.9. The van der Waals surface area contributed by atoms with Crippen LogP contribution in [0.15, 0.2) is 132 Å². The lowest BCUT2D eigenvalue weighted by atomic mass is 9.60. The zero-order chi connectivity index (χ0) is 56.2. The Labute approximate surface area is 480 Å². The summed E-state index contributed by atoms with van der Waals surface area (Å²) in [7, 11) is 23.1. The summed E-state index contributed by atoms with van der Waals surface area (Å²) in [5, 5.41) is 0. The third-order valence-corrected chi connectivity index (χ3v) is 18.7. The molecule has 0 bridgehead atoms. The molecule has 0 fully saturated rings. The van der Waals surface area contributed by atoms with Crippen molar-refractivity contribution in [1.82, 2.24) is 0 Å². The van der Waals surface area contributed by atoms with Gasteiger partial charge in [0, 0.05) is 45.2 Å². The zero-order valence-corrected chi connectivity index (χ0v) is 51.9. The molecule has 0 aromatic heterocycles. The Morgan fingerprint density at radius 3 is 1.12 bits per heavy atom. The van der Waals surface area contributed by atoms with E-state index in [0.717, 1.165) is 44.3 Å². The summed E-state index contributed by atoms with van der Waals surface area (Å²) in [6.07, 6.45) is 0. The fourth-order valence-electron chi connectivity index (χ4n) is 12.0. The van der Waals surface area contributed by atoms with Gasteiger partial charge in [-0.15, -0.1) is 10.9 Å². The molecule has 1 aliphatic rings. The molecule has 0 radical (unpaired) electrons. The van der Waals surface area contributed by atoms with Gasteiger partial charge in [0.15, 0.2) is 0 Å². The summed E-state index contributed by atoms with van der Waals surface area (Å²) in [6.45, 7) is 25.5. The fourth-order valence-corrected chi connectivity index (χ4v) is 12.6. The van der Waals surface area contributed by atoms with Crippen LogP contribution in [0.2, 0.25) is 0 Å². The molecular weight excluding hydrogens is 987 g/mol. The SMILES string of the molecule is Bc1c(B)c(B)c(N(c2cccc(N(c3ccc4c(c3)C(C)(C)c3ccccc3-4)c3cc(C(C)(C)C)cc(N(c4ccc(C(C)(C)C)cc4)c4ccc(C(C)(C)C)cc4)c3Br)c2)c2c(B)c(B)c(B)c(B)c2B)c(B)c1B. The first kappa shape index (κ1) is 56.0. The van der Waals surface area contributed by atoms with Crippen molar-refractivity contribution < 1.29 is 0 Å². The average Bonchev–Trinajstić information content (AvgIpc) is 3.90. The van der Waals surface area contributed by atoms with Crippen LogP contribution in [0.4, 0.5) is 51.2 Å². The molecule has 14 heteroatoms. The van der Waals surface area contributed by atoms with Crippen LogP contribution >= 0.6 is 15.9 Å². The minimum atomic E-state index is -0.208. The molecule has 0 saturated heterocycles. The zero-order valence-electron chi connectivity index (χ0n) is 50.3. The van der Waals surface area contributed by atoms with Gasteiger partial charge in [-0.25, -0.2) is 0 Å². The summed E-state index contributed by atoms with van der Waals surface area (Å²) in [4.78, 5) is 7.60. The van der Waals surface area contributed by atoms with Crippen molar-refractivity contribution in [3.63, 3.8) is 0 Å². The topological polar surface area (TPSA) is 9.72 Å². The number of halogens is 1. The smallest absolute Gasteiger partial charge is 0.141 e. The molecule has 378 valence electrons. The van der Waals surface area contributed by atoms with E-state index in [1.54, 1.807) is 0 Å². The molecule has 8 aromatic carbocycles. The van der Waals surface area contributed by atoms with Gasteiger partial charge < -0.3 is 14.7 Å². The first-order valence-corrected chi connectivity index (χ1v) is 28.7. The molecule has 0 atom stereocenters. The van der Waals surface area contributed by atoms with E-state index >= 15 is 0 Å². The van der Waals surface area contributed by atoms with E-state index in [9.17, 15) is 0 Å². The van der Waals surface area contributed by atoms with Crippen LogP contribution in [0.5, 0.6) is 0 Å². The Kier molecular flexibility index (Phi) is 14.7. The van der Waals surface area contributed by atoms with Crippen LogP contribution in [0, 0.1) is 0 Å². The van der Waals surface area contributed by atoms with Crippen molar-refractivity contribution in [2.45, 2.75) is 97.8 Å². The molecule has 8 aromatic rings. The van der Waals surface area contributed by atoms with E-state index in [0.29, 0.717) is 0 Å².